The summed E-state index contributed by atoms with van der Waals surface area (Å²) in [6, 6.07) is 3.67. The molecule has 102 valence electrons. The number of benzene rings is 1. The number of rotatable bonds is 4. The average molecular weight is 296 g/mol. The fraction of sp³-hybridized carbons (Fsp3) is 0. The number of carbonyl (C=O) groups is 1. The molecular formula is C11H6ClN3O5. The highest BCUT2D eigenvalue weighted by Gasteiger charge is 2.12. The van der Waals surface area contributed by atoms with Crippen LogP contribution in [0.4, 0.5) is 5.69 Å². The number of aromatic carboxylic acids is 1. The van der Waals surface area contributed by atoms with Gasteiger partial charge in [-0.3, -0.25) is 10.1 Å². The Morgan fingerprint density at radius 3 is 2.60 bits per heavy atom. The molecule has 2 rings (SSSR count). The van der Waals surface area contributed by atoms with E-state index in [0.29, 0.717) is 0 Å². The van der Waals surface area contributed by atoms with Crippen LogP contribution in [0.15, 0.2) is 30.6 Å². The Hall–Kier alpha value is -2.74. The molecule has 0 aliphatic carbocycles. The lowest BCUT2D eigenvalue weighted by Gasteiger charge is -2.05. The van der Waals surface area contributed by atoms with Crippen molar-refractivity contribution in [2.45, 2.75) is 0 Å². The number of non-ortho nitro benzene ring substituents is 1. The number of halogens is 1. The first-order valence-corrected chi connectivity index (χ1v) is 5.52. The Labute approximate surface area is 116 Å². The van der Waals surface area contributed by atoms with Crippen LogP contribution in [-0.2, 0) is 0 Å². The smallest absolute Gasteiger partial charge is 0.356 e. The van der Waals surface area contributed by atoms with Gasteiger partial charge in [-0.1, -0.05) is 11.6 Å². The first-order valence-electron chi connectivity index (χ1n) is 5.14. The van der Waals surface area contributed by atoms with Crippen LogP contribution in [0.1, 0.15) is 10.5 Å². The summed E-state index contributed by atoms with van der Waals surface area (Å²) in [7, 11) is 0. The van der Waals surface area contributed by atoms with Crippen LogP contribution in [0.2, 0.25) is 5.02 Å². The number of nitro benzene ring substituents is 1. The summed E-state index contributed by atoms with van der Waals surface area (Å²) in [6.07, 6.45) is 2.14. The largest absolute Gasteiger partial charge is 0.476 e. The number of carboxylic acids is 1. The lowest BCUT2D eigenvalue weighted by Crippen LogP contribution is -2.01. The molecule has 0 aliphatic heterocycles. The first kappa shape index (κ1) is 13.7. The Balaban J connectivity index is 2.21. The minimum Gasteiger partial charge on any atom is -0.476 e. The Morgan fingerprint density at radius 2 is 2.10 bits per heavy atom. The van der Waals surface area contributed by atoms with Crippen LogP contribution in [0.3, 0.4) is 0 Å². The molecule has 20 heavy (non-hydrogen) atoms. The third-order valence-corrected chi connectivity index (χ3v) is 2.48. The molecule has 9 heteroatoms. The number of hydrogen-bond donors (Lipinski definition) is 1. The van der Waals surface area contributed by atoms with Crippen LogP contribution < -0.4 is 4.74 Å². The van der Waals surface area contributed by atoms with Gasteiger partial charge in [0.15, 0.2) is 5.69 Å². The third-order valence-electron chi connectivity index (χ3n) is 2.19. The van der Waals surface area contributed by atoms with Crippen LogP contribution >= 0.6 is 11.6 Å². The van der Waals surface area contributed by atoms with E-state index in [2.05, 4.69) is 9.97 Å². The number of nitrogens with zero attached hydrogens (tertiary/aromatic N) is 3. The van der Waals surface area contributed by atoms with Gasteiger partial charge < -0.3 is 9.84 Å². The van der Waals surface area contributed by atoms with Crippen molar-refractivity contribution in [3.8, 4) is 11.6 Å². The van der Waals surface area contributed by atoms with Gasteiger partial charge in [0.2, 0.25) is 5.88 Å². The number of ether oxygens (including phenoxy) is 1. The number of hydrogen-bond acceptors (Lipinski definition) is 6. The molecule has 0 radical (unpaired) electrons. The van der Waals surface area contributed by atoms with Crippen LogP contribution in [-0.4, -0.2) is 26.0 Å². The fourth-order valence-electron chi connectivity index (χ4n) is 1.28. The Kier molecular flexibility index (Phi) is 3.76. The zero-order chi connectivity index (χ0) is 14.7. The van der Waals surface area contributed by atoms with Crippen LogP contribution in [0.5, 0.6) is 11.6 Å². The van der Waals surface area contributed by atoms with Crippen molar-refractivity contribution in [2.24, 2.45) is 0 Å². The van der Waals surface area contributed by atoms with Gasteiger partial charge in [0.25, 0.3) is 5.69 Å². The van der Waals surface area contributed by atoms with Crippen molar-refractivity contribution in [2.75, 3.05) is 0 Å². The monoisotopic (exact) mass is 295 g/mol. The van der Waals surface area contributed by atoms with E-state index in [4.69, 9.17) is 21.4 Å². The van der Waals surface area contributed by atoms with E-state index < -0.39 is 10.9 Å². The fourth-order valence-corrected chi connectivity index (χ4v) is 1.49. The molecule has 0 saturated heterocycles. The molecule has 0 aliphatic rings. The second-order valence-electron chi connectivity index (χ2n) is 3.52. The summed E-state index contributed by atoms with van der Waals surface area (Å²) in [4.78, 5) is 27.9. The van der Waals surface area contributed by atoms with Crippen LogP contribution in [0, 0.1) is 10.1 Å². The highest BCUT2D eigenvalue weighted by atomic mass is 35.5. The maximum absolute atomic E-state index is 10.6. The lowest BCUT2D eigenvalue weighted by atomic mass is 10.3. The second-order valence-corrected chi connectivity index (χ2v) is 3.93. The normalized spacial score (nSPS) is 10.1. The minimum absolute atomic E-state index is 0.0192. The molecular weight excluding hydrogens is 290 g/mol. The number of aromatic nitrogens is 2. The van der Waals surface area contributed by atoms with Gasteiger partial charge in [0.05, 0.1) is 22.3 Å². The second kappa shape index (κ2) is 5.49. The third kappa shape index (κ3) is 2.98. The van der Waals surface area contributed by atoms with Gasteiger partial charge in [-0.15, -0.1) is 0 Å². The molecule has 1 N–H and O–H groups in total. The maximum Gasteiger partial charge on any atom is 0.356 e. The molecule has 0 atom stereocenters. The van der Waals surface area contributed by atoms with Gasteiger partial charge >= 0.3 is 5.97 Å². The minimum atomic E-state index is -1.21. The van der Waals surface area contributed by atoms with Gasteiger partial charge in [-0.25, -0.2) is 14.8 Å². The zero-order valence-electron chi connectivity index (χ0n) is 9.69. The molecule has 8 nitrogen and oxygen atoms in total. The number of carboxylic acid groups (broad SMARTS) is 1. The predicted octanol–water partition coefficient (Wildman–Crippen LogP) is 2.53. The van der Waals surface area contributed by atoms with Crippen molar-refractivity contribution in [1.82, 2.24) is 9.97 Å². The molecule has 0 saturated carbocycles. The molecule has 0 amide bonds. The molecule has 2 aromatic rings. The highest BCUT2D eigenvalue weighted by Crippen LogP contribution is 2.31. The summed E-state index contributed by atoms with van der Waals surface area (Å²) < 4.78 is 5.26. The summed E-state index contributed by atoms with van der Waals surface area (Å²) in [5, 5.41) is 19.2. The topological polar surface area (TPSA) is 115 Å². The number of nitro groups is 1. The van der Waals surface area contributed by atoms with Crippen molar-refractivity contribution in [3.63, 3.8) is 0 Å². The SMILES string of the molecule is O=C(O)c1cnc(Oc2ccc([N+](=O)[O-])cc2Cl)cn1. The van der Waals surface area contributed by atoms with Crippen molar-refractivity contribution in [1.29, 1.82) is 0 Å². The summed E-state index contributed by atoms with van der Waals surface area (Å²) >= 11 is 5.83. The van der Waals surface area contributed by atoms with E-state index in [9.17, 15) is 14.9 Å². The van der Waals surface area contributed by atoms with E-state index in [-0.39, 0.29) is 28.0 Å². The van der Waals surface area contributed by atoms with E-state index in [1.807, 2.05) is 0 Å². The van der Waals surface area contributed by atoms with Crippen molar-refractivity contribution < 1.29 is 19.6 Å². The van der Waals surface area contributed by atoms with E-state index in [0.717, 1.165) is 18.5 Å². The first-order chi connectivity index (χ1) is 9.47. The van der Waals surface area contributed by atoms with E-state index in [1.165, 1.54) is 12.1 Å². The van der Waals surface area contributed by atoms with Gasteiger partial charge in [-0.05, 0) is 6.07 Å². The summed E-state index contributed by atoms with van der Waals surface area (Å²) in [5.41, 5.74) is -0.401. The molecule has 0 unspecified atom stereocenters. The predicted molar refractivity (Wildman–Crippen MR) is 67.2 cm³/mol. The average Bonchev–Trinajstić information content (AvgIpc) is 2.41. The van der Waals surface area contributed by atoms with Crippen molar-refractivity contribution >= 4 is 23.3 Å². The molecule has 1 aromatic carbocycles. The maximum atomic E-state index is 10.6. The molecule has 1 aromatic heterocycles. The quantitative estimate of drug-likeness (QED) is 0.680. The van der Waals surface area contributed by atoms with Crippen molar-refractivity contribution in [3.05, 3.63) is 51.4 Å². The Bertz CT molecular complexity index is 674. The highest BCUT2D eigenvalue weighted by molar-refractivity contribution is 6.32. The van der Waals surface area contributed by atoms with E-state index in [1.54, 1.807) is 0 Å². The van der Waals surface area contributed by atoms with Crippen LogP contribution in [0.25, 0.3) is 0 Å². The molecule has 0 fully saturated rings. The molecule has 1 heterocycles. The van der Waals surface area contributed by atoms with E-state index >= 15 is 0 Å². The molecule has 0 bridgehead atoms. The lowest BCUT2D eigenvalue weighted by molar-refractivity contribution is -0.384. The Morgan fingerprint density at radius 1 is 1.35 bits per heavy atom. The van der Waals surface area contributed by atoms with Gasteiger partial charge in [0, 0.05) is 12.1 Å². The summed E-state index contributed by atoms with van der Waals surface area (Å²) in [5.74, 6) is -1.04. The standard InChI is InChI=1S/C11H6ClN3O5/c12-7-3-6(15(18)19)1-2-9(7)20-10-5-13-8(4-14-10)11(16)17/h1-5H,(H,16,17). The van der Waals surface area contributed by atoms with Gasteiger partial charge in [-0.2, -0.15) is 0 Å². The van der Waals surface area contributed by atoms with Gasteiger partial charge in [0.1, 0.15) is 5.75 Å². The summed E-state index contributed by atoms with van der Waals surface area (Å²) in [6.45, 7) is 0. The molecule has 0 spiro atoms. The zero-order valence-corrected chi connectivity index (χ0v) is 10.4.